The molecule has 90 valence electrons. The van der Waals surface area contributed by atoms with Gasteiger partial charge in [-0.2, -0.15) is 5.10 Å². The van der Waals surface area contributed by atoms with Crippen LogP contribution in [0.25, 0.3) is 0 Å². The van der Waals surface area contributed by atoms with Gasteiger partial charge in [-0.25, -0.2) is 0 Å². The molecule has 3 N–H and O–H groups in total. The number of nitrogens with one attached hydrogen (secondary N) is 2. The topological polar surface area (TPSA) is 60.9 Å². The molecule has 1 heterocycles. The summed E-state index contributed by atoms with van der Waals surface area (Å²) >= 11 is 5.82. The van der Waals surface area contributed by atoms with Gasteiger partial charge >= 0.3 is 0 Å². The lowest BCUT2D eigenvalue weighted by Gasteiger charge is -2.07. The van der Waals surface area contributed by atoms with Gasteiger partial charge in [0.2, 0.25) is 0 Å². The van der Waals surface area contributed by atoms with Crippen LogP contribution in [-0.4, -0.2) is 15.3 Å². The summed E-state index contributed by atoms with van der Waals surface area (Å²) in [6.07, 6.45) is 1.79. The molecule has 0 unspecified atom stereocenters. The Morgan fingerprint density at radius 2 is 2.12 bits per heavy atom. The van der Waals surface area contributed by atoms with E-state index in [4.69, 9.17) is 11.6 Å². The summed E-state index contributed by atoms with van der Waals surface area (Å²) in [6.45, 7) is 3.24. The highest BCUT2D eigenvalue weighted by molar-refractivity contribution is 6.32. The average molecular weight is 252 g/mol. The molecule has 0 fully saturated rings. The van der Waals surface area contributed by atoms with E-state index in [0.29, 0.717) is 18.1 Å². The Labute approximate surface area is 105 Å². The zero-order valence-corrected chi connectivity index (χ0v) is 10.3. The molecule has 2 rings (SSSR count). The molecule has 0 bridgehead atoms. The molecule has 17 heavy (non-hydrogen) atoms. The minimum Gasteiger partial charge on any atom is -0.506 e. The molecule has 0 aliphatic rings. The quantitative estimate of drug-likeness (QED) is 0.782. The van der Waals surface area contributed by atoms with Crippen molar-refractivity contribution in [3.63, 3.8) is 0 Å². The first-order valence-electron chi connectivity index (χ1n) is 5.34. The fourth-order valence-electron chi connectivity index (χ4n) is 1.59. The van der Waals surface area contributed by atoms with E-state index >= 15 is 0 Å². The summed E-state index contributed by atoms with van der Waals surface area (Å²) in [5.41, 5.74) is 2.96. The number of aromatic nitrogens is 2. The summed E-state index contributed by atoms with van der Waals surface area (Å²) in [6, 6.07) is 5.33. The second-order valence-electron chi connectivity index (χ2n) is 3.87. The number of phenols is 1. The van der Waals surface area contributed by atoms with E-state index < -0.39 is 0 Å². The summed E-state index contributed by atoms with van der Waals surface area (Å²) in [7, 11) is 0. The number of aromatic hydroxyl groups is 1. The Morgan fingerprint density at radius 3 is 2.82 bits per heavy atom. The Bertz CT molecular complexity index is 510. The molecule has 0 saturated carbocycles. The van der Waals surface area contributed by atoms with E-state index in [0.717, 1.165) is 16.8 Å². The van der Waals surface area contributed by atoms with Crippen molar-refractivity contribution in [3.05, 3.63) is 46.2 Å². The largest absolute Gasteiger partial charge is 0.506 e. The predicted molar refractivity (Wildman–Crippen MR) is 67.0 cm³/mol. The van der Waals surface area contributed by atoms with Gasteiger partial charge in [0.1, 0.15) is 5.75 Å². The van der Waals surface area contributed by atoms with Crippen molar-refractivity contribution >= 4 is 11.6 Å². The normalized spacial score (nSPS) is 10.7. The number of para-hydroxylation sites is 1. The number of benzene rings is 1. The standard InChI is InChI=1S/C12H14ClN3O/c1-8-10(7-15-16-8)6-14-5-9-3-2-4-11(13)12(9)17/h2-4,7,14,17H,5-6H2,1H3,(H,15,16). The third-order valence-corrected chi connectivity index (χ3v) is 2.94. The van der Waals surface area contributed by atoms with Crippen LogP contribution in [0, 0.1) is 6.92 Å². The van der Waals surface area contributed by atoms with Crippen LogP contribution < -0.4 is 5.32 Å². The minimum atomic E-state index is 0.144. The first kappa shape index (κ1) is 12.0. The van der Waals surface area contributed by atoms with Crippen LogP contribution >= 0.6 is 11.6 Å². The third-order valence-electron chi connectivity index (χ3n) is 2.64. The van der Waals surface area contributed by atoms with Crippen LogP contribution in [0.3, 0.4) is 0 Å². The van der Waals surface area contributed by atoms with Crippen molar-refractivity contribution in [2.75, 3.05) is 0 Å². The van der Waals surface area contributed by atoms with Gasteiger partial charge in [-0.3, -0.25) is 5.10 Å². The van der Waals surface area contributed by atoms with Crippen LogP contribution in [-0.2, 0) is 13.1 Å². The van der Waals surface area contributed by atoms with E-state index in [1.165, 1.54) is 0 Å². The van der Waals surface area contributed by atoms with E-state index in [-0.39, 0.29) is 5.75 Å². The van der Waals surface area contributed by atoms with Crippen LogP contribution in [0.15, 0.2) is 24.4 Å². The summed E-state index contributed by atoms with van der Waals surface area (Å²) in [4.78, 5) is 0. The Kier molecular flexibility index (Phi) is 3.66. The maximum atomic E-state index is 9.72. The van der Waals surface area contributed by atoms with Crippen molar-refractivity contribution in [1.82, 2.24) is 15.5 Å². The molecule has 0 atom stereocenters. The zero-order valence-electron chi connectivity index (χ0n) is 9.50. The maximum absolute atomic E-state index is 9.72. The summed E-state index contributed by atoms with van der Waals surface area (Å²) in [5.74, 6) is 0.144. The van der Waals surface area contributed by atoms with Crippen LogP contribution in [0.2, 0.25) is 5.02 Å². The number of rotatable bonds is 4. The molecule has 5 heteroatoms. The van der Waals surface area contributed by atoms with Crippen molar-refractivity contribution < 1.29 is 5.11 Å². The molecule has 1 aromatic carbocycles. The minimum absolute atomic E-state index is 0.144. The number of halogens is 1. The molecule has 0 radical (unpaired) electrons. The number of hydrogen-bond donors (Lipinski definition) is 3. The molecule has 1 aromatic heterocycles. The molecular weight excluding hydrogens is 238 g/mol. The van der Waals surface area contributed by atoms with Gasteiger partial charge in [-0.15, -0.1) is 0 Å². The number of hydrogen-bond acceptors (Lipinski definition) is 3. The number of aryl methyl sites for hydroxylation is 1. The highest BCUT2D eigenvalue weighted by Crippen LogP contribution is 2.26. The number of H-pyrrole nitrogens is 1. The van der Waals surface area contributed by atoms with E-state index in [2.05, 4.69) is 15.5 Å². The van der Waals surface area contributed by atoms with Gasteiger partial charge in [0.15, 0.2) is 0 Å². The van der Waals surface area contributed by atoms with Crippen molar-refractivity contribution in [3.8, 4) is 5.75 Å². The highest BCUT2D eigenvalue weighted by atomic mass is 35.5. The van der Waals surface area contributed by atoms with Gasteiger partial charge in [0.25, 0.3) is 0 Å². The third kappa shape index (κ3) is 2.78. The molecule has 4 nitrogen and oxygen atoms in total. The van der Waals surface area contributed by atoms with Crippen molar-refractivity contribution in [2.45, 2.75) is 20.0 Å². The molecule has 0 aliphatic heterocycles. The molecular formula is C12H14ClN3O. The fourth-order valence-corrected chi connectivity index (χ4v) is 1.78. The molecule has 0 saturated heterocycles. The second-order valence-corrected chi connectivity index (χ2v) is 4.28. The van der Waals surface area contributed by atoms with E-state index in [1.54, 1.807) is 12.3 Å². The summed E-state index contributed by atoms with van der Waals surface area (Å²) in [5, 5.41) is 20.2. The van der Waals surface area contributed by atoms with Gasteiger partial charge in [0, 0.05) is 29.9 Å². The first-order chi connectivity index (χ1) is 8.18. The second kappa shape index (κ2) is 5.21. The smallest absolute Gasteiger partial charge is 0.138 e. The van der Waals surface area contributed by atoms with E-state index in [9.17, 15) is 5.11 Å². The molecule has 2 aromatic rings. The number of nitrogens with zero attached hydrogens (tertiary/aromatic N) is 1. The van der Waals surface area contributed by atoms with Gasteiger partial charge in [0.05, 0.1) is 11.2 Å². The molecule has 0 spiro atoms. The van der Waals surface area contributed by atoms with Crippen LogP contribution in [0.5, 0.6) is 5.75 Å². The van der Waals surface area contributed by atoms with Crippen molar-refractivity contribution in [2.24, 2.45) is 0 Å². The fraction of sp³-hybridized carbons (Fsp3) is 0.250. The maximum Gasteiger partial charge on any atom is 0.138 e. The predicted octanol–water partition coefficient (Wildman–Crippen LogP) is 2.37. The lowest BCUT2D eigenvalue weighted by molar-refractivity contribution is 0.464. The molecule has 0 amide bonds. The Balaban J connectivity index is 1.95. The van der Waals surface area contributed by atoms with Gasteiger partial charge < -0.3 is 10.4 Å². The van der Waals surface area contributed by atoms with E-state index in [1.807, 2.05) is 19.1 Å². The number of aromatic amines is 1. The van der Waals surface area contributed by atoms with Crippen LogP contribution in [0.4, 0.5) is 0 Å². The first-order valence-corrected chi connectivity index (χ1v) is 5.72. The van der Waals surface area contributed by atoms with Gasteiger partial charge in [-0.05, 0) is 13.0 Å². The Hall–Kier alpha value is -1.52. The average Bonchev–Trinajstić information content (AvgIpc) is 2.71. The molecule has 0 aliphatic carbocycles. The Morgan fingerprint density at radius 1 is 1.35 bits per heavy atom. The monoisotopic (exact) mass is 251 g/mol. The van der Waals surface area contributed by atoms with Gasteiger partial charge in [-0.1, -0.05) is 23.7 Å². The summed E-state index contributed by atoms with van der Waals surface area (Å²) < 4.78 is 0. The van der Waals surface area contributed by atoms with Crippen LogP contribution in [0.1, 0.15) is 16.8 Å². The number of phenolic OH excluding ortho intramolecular Hbond substituents is 1. The zero-order chi connectivity index (χ0) is 12.3. The van der Waals surface area contributed by atoms with Crippen molar-refractivity contribution in [1.29, 1.82) is 0 Å². The lowest BCUT2D eigenvalue weighted by atomic mass is 10.2. The SMILES string of the molecule is Cc1[nH]ncc1CNCc1cccc(Cl)c1O. The lowest BCUT2D eigenvalue weighted by Crippen LogP contribution is -2.13. The highest BCUT2D eigenvalue weighted by Gasteiger charge is 2.05.